The lowest BCUT2D eigenvalue weighted by molar-refractivity contribution is -0.151. The van der Waals surface area contributed by atoms with E-state index in [1.807, 2.05) is 20.8 Å². The molecule has 0 radical (unpaired) electrons. The average Bonchev–Trinajstić information content (AvgIpc) is 2.50. The molecule has 0 bridgehead atoms. The molecule has 142 valence electrons. The van der Waals surface area contributed by atoms with Crippen LogP contribution >= 0.6 is 0 Å². The maximum atomic E-state index is 10.5. The Morgan fingerprint density at radius 1 is 1.24 bits per heavy atom. The first-order chi connectivity index (χ1) is 11.6. The SMILES string of the molecule is C=C(C)C(=O)OCC(O)O.CC(CCCCC(C)(C)N=C=O)N=C=O. The molecule has 0 amide bonds. The molecule has 25 heavy (non-hydrogen) atoms. The maximum Gasteiger partial charge on any atom is 0.333 e. The van der Waals surface area contributed by atoms with Crippen molar-refractivity contribution in [2.45, 2.75) is 71.2 Å². The van der Waals surface area contributed by atoms with E-state index >= 15 is 0 Å². The summed E-state index contributed by atoms with van der Waals surface area (Å²) < 4.78 is 4.33. The second-order valence-electron chi connectivity index (χ2n) is 6.19. The van der Waals surface area contributed by atoms with Gasteiger partial charge < -0.3 is 14.9 Å². The lowest BCUT2D eigenvalue weighted by Crippen LogP contribution is -2.17. The summed E-state index contributed by atoms with van der Waals surface area (Å²) in [6, 6.07) is 0.0418. The number of ether oxygens (including phenoxy) is 1. The van der Waals surface area contributed by atoms with E-state index in [2.05, 4.69) is 21.3 Å². The number of esters is 1. The molecule has 0 spiro atoms. The van der Waals surface area contributed by atoms with Gasteiger partial charge in [-0.2, -0.15) is 4.99 Å². The molecule has 0 aromatic heterocycles. The van der Waals surface area contributed by atoms with Gasteiger partial charge in [-0.15, -0.1) is 0 Å². The van der Waals surface area contributed by atoms with Crippen LogP contribution < -0.4 is 0 Å². The molecule has 0 saturated carbocycles. The van der Waals surface area contributed by atoms with Gasteiger partial charge in [0.1, 0.15) is 6.61 Å². The van der Waals surface area contributed by atoms with Crippen LogP contribution in [0.25, 0.3) is 0 Å². The van der Waals surface area contributed by atoms with Crippen LogP contribution in [0.2, 0.25) is 0 Å². The van der Waals surface area contributed by atoms with Gasteiger partial charge in [0.15, 0.2) is 6.29 Å². The smallest absolute Gasteiger partial charge is 0.333 e. The van der Waals surface area contributed by atoms with Crippen molar-refractivity contribution in [2.75, 3.05) is 6.61 Å². The van der Waals surface area contributed by atoms with E-state index in [1.54, 1.807) is 12.2 Å². The molecular weight excluding hydrogens is 328 g/mol. The molecule has 0 aliphatic heterocycles. The summed E-state index contributed by atoms with van der Waals surface area (Å²) in [5.41, 5.74) is -0.0838. The van der Waals surface area contributed by atoms with E-state index in [-0.39, 0.29) is 17.2 Å². The van der Waals surface area contributed by atoms with Crippen LogP contribution in [0.3, 0.4) is 0 Å². The Morgan fingerprint density at radius 3 is 2.28 bits per heavy atom. The van der Waals surface area contributed by atoms with E-state index in [0.717, 1.165) is 25.7 Å². The highest BCUT2D eigenvalue weighted by Crippen LogP contribution is 2.18. The number of unbranched alkanes of at least 4 members (excludes halogenated alkanes) is 1. The van der Waals surface area contributed by atoms with Gasteiger partial charge in [-0.1, -0.05) is 19.4 Å². The molecule has 0 aromatic carbocycles. The van der Waals surface area contributed by atoms with Crippen LogP contribution in [0.15, 0.2) is 22.1 Å². The van der Waals surface area contributed by atoms with E-state index in [4.69, 9.17) is 10.2 Å². The summed E-state index contributed by atoms with van der Waals surface area (Å²) >= 11 is 0. The van der Waals surface area contributed by atoms with Gasteiger partial charge in [-0.25, -0.2) is 19.4 Å². The fourth-order valence-corrected chi connectivity index (χ4v) is 1.60. The quantitative estimate of drug-likeness (QED) is 0.153. The minimum Gasteiger partial charge on any atom is -0.457 e. The number of isocyanates is 2. The van der Waals surface area contributed by atoms with Crippen LogP contribution in [-0.2, 0) is 19.1 Å². The largest absolute Gasteiger partial charge is 0.457 e. The molecule has 2 N–H and O–H groups in total. The summed E-state index contributed by atoms with van der Waals surface area (Å²) in [5, 5.41) is 16.5. The third-order valence-electron chi connectivity index (χ3n) is 2.99. The zero-order valence-electron chi connectivity index (χ0n) is 15.3. The van der Waals surface area contributed by atoms with Crippen LogP contribution in [0.4, 0.5) is 0 Å². The highest BCUT2D eigenvalue weighted by molar-refractivity contribution is 5.86. The van der Waals surface area contributed by atoms with Crippen LogP contribution in [0.1, 0.15) is 53.4 Å². The van der Waals surface area contributed by atoms with Gasteiger partial charge in [-0.05, 0) is 40.5 Å². The van der Waals surface area contributed by atoms with Crippen molar-refractivity contribution in [3.63, 3.8) is 0 Å². The lowest BCUT2D eigenvalue weighted by atomic mass is 9.97. The molecule has 0 heterocycles. The van der Waals surface area contributed by atoms with Crippen molar-refractivity contribution in [1.29, 1.82) is 0 Å². The van der Waals surface area contributed by atoms with Crippen molar-refractivity contribution in [2.24, 2.45) is 9.98 Å². The monoisotopic (exact) mass is 356 g/mol. The zero-order chi connectivity index (χ0) is 19.9. The Labute approximate surface area is 148 Å². The predicted molar refractivity (Wildman–Crippen MR) is 92.3 cm³/mol. The minimum absolute atomic E-state index is 0.0418. The maximum absolute atomic E-state index is 10.5. The molecule has 8 heteroatoms. The number of rotatable bonds is 10. The Bertz CT molecular complexity index is 503. The number of hydrogen-bond acceptors (Lipinski definition) is 8. The number of carbonyl (C=O) groups excluding carboxylic acids is 3. The first-order valence-electron chi connectivity index (χ1n) is 7.90. The van der Waals surface area contributed by atoms with Crippen molar-refractivity contribution in [1.82, 2.24) is 0 Å². The normalized spacial score (nSPS) is 11.3. The molecule has 1 unspecified atom stereocenters. The molecule has 8 nitrogen and oxygen atoms in total. The number of aliphatic hydroxyl groups is 2. The first-order valence-corrected chi connectivity index (χ1v) is 7.90. The van der Waals surface area contributed by atoms with Gasteiger partial charge in [0, 0.05) is 5.57 Å². The Hall–Kier alpha value is -2.11. The van der Waals surface area contributed by atoms with E-state index < -0.39 is 18.9 Å². The average molecular weight is 356 g/mol. The standard InChI is InChI=1S/C11H18N2O2.C6H10O4/c1-10(12-8-14)6-4-5-7-11(2,3)13-9-15;1-4(2)6(9)10-3-5(7)8/h10H,4-7H2,1-3H3;5,7-8H,1,3H2,2H3. The van der Waals surface area contributed by atoms with E-state index in [9.17, 15) is 14.4 Å². The number of aliphatic imine (C=N–C) groups is 2. The van der Waals surface area contributed by atoms with Crippen LogP contribution in [0, 0.1) is 0 Å². The highest BCUT2D eigenvalue weighted by Gasteiger charge is 2.15. The van der Waals surface area contributed by atoms with Crippen molar-refractivity contribution in [3.05, 3.63) is 12.2 Å². The predicted octanol–water partition coefficient (Wildman–Crippen LogP) is 1.80. The van der Waals surface area contributed by atoms with E-state index in [0.29, 0.717) is 0 Å². The van der Waals surface area contributed by atoms with Crippen molar-refractivity contribution in [3.8, 4) is 0 Å². The number of hydrogen-bond donors (Lipinski definition) is 2. The topological polar surface area (TPSA) is 126 Å². The number of nitrogens with zero attached hydrogens (tertiary/aromatic N) is 2. The summed E-state index contributed by atoms with van der Waals surface area (Å²) in [7, 11) is 0. The lowest BCUT2D eigenvalue weighted by Gasteiger charge is -2.16. The molecule has 0 fully saturated rings. The van der Waals surface area contributed by atoms with Gasteiger partial charge in [0.25, 0.3) is 0 Å². The molecular formula is C17H28N2O6. The second kappa shape index (κ2) is 14.3. The minimum atomic E-state index is -1.61. The molecule has 0 aromatic rings. The van der Waals surface area contributed by atoms with Gasteiger partial charge in [-0.3, -0.25) is 0 Å². The van der Waals surface area contributed by atoms with Gasteiger partial charge in [0.05, 0.1) is 11.6 Å². The summed E-state index contributed by atoms with van der Waals surface area (Å²) in [6.07, 6.45) is 5.19. The fraction of sp³-hybridized carbons (Fsp3) is 0.706. The summed E-state index contributed by atoms with van der Waals surface area (Å²) in [4.78, 5) is 37.9. The summed E-state index contributed by atoms with van der Waals surface area (Å²) in [5.74, 6) is -0.617. The molecule has 0 aliphatic rings. The van der Waals surface area contributed by atoms with Gasteiger partial charge >= 0.3 is 5.97 Å². The van der Waals surface area contributed by atoms with E-state index in [1.165, 1.54) is 6.92 Å². The molecule has 0 saturated heterocycles. The highest BCUT2D eigenvalue weighted by atomic mass is 16.6. The Morgan fingerprint density at radius 2 is 1.84 bits per heavy atom. The number of aliphatic hydroxyl groups excluding tert-OH is 1. The van der Waals surface area contributed by atoms with Crippen LogP contribution in [-0.4, -0.2) is 52.8 Å². The van der Waals surface area contributed by atoms with Crippen molar-refractivity contribution >= 4 is 18.1 Å². The van der Waals surface area contributed by atoms with Crippen molar-refractivity contribution < 1.29 is 29.3 Å². The second-order valence-corrected chi connectivity index (χ2v) is 6.19. The van der Waals surface area contributed by atoms with Gasteiger partial charge in [0.2, 0.25) is 12.2 Å². The Kier molecular flexibility index (Phi) is 14.3. The third kappa shape index (κ3) is 18.1. The summed E-state index contributed by atoms with van der Waals surface area (Å²) in [6.45, 7) is 10.1. The zero-order valence-corrected chi connectivity index (χ0v) is 15.3. The fourth-order valence-electron chi connectivity index (χ4n) is 1.60. The Balaban J connectivity index is 0. The first kappa shape index (κ1) is 25.1. The molecule has 0 aliphatic carbocycles. The molecule has 0 rings (SSSR count). The number of carbonyl (C=O) groups is 1. The van der Waals surface area contributed by atoms with Crippen LogP contribution in [0.5, 0.6) is 0 Å². The molecule has 1 atom stereocenters. The third-order valence-corrected chi connectivity index (χ3v) is 2.99.